The molecule has 1 N–H and O–H groups in total. The minimum absolute atomic E-state index is 0.366. The monoisotopic (exact) mass is 378 g/mol. The quantitative estimate of drug-likeness (QED) is 0.663. The van der Waals surface area contributed by atoms with Crippen molar-refractivity contribution < 1.29 is 19.1 Å². The van der Waals surface area contributed by atoms with Crippen LogP contribution in [-0.4, -0.2) is 39.7 Å². The number of anilines is 2. The molecule has 0 aromatic heterocycles. The van der Waals surface area contributed by atoms with Crippen molar-refractivity contribution in [3.05, 3.63) is 66.2 Å². The number of nitrogens with one attached hydrogen (secondary N) is 1. The Labute approximate surface area is 163 Å². The van der Waals surface area contributed by atoms with Crippen LogP contribution in [-0.2, 0) is 9.53 Å². The van der Waals surface area contributed by atoms with E-state index in [1.165, 1.54) is 0 Å². The maximum absolute atomic E-state index is 12.5. The van der Waals surface area contributed by atoms with E-state index >= 15 is 0 Å². The minimum atomic E-state index is -0.558. The third kappa shape index (κ3) is 4.23. The average molecular weight is 378 g/mol. The Balaban J connectivity index is 1.65. The van der Waals surface area contributed by atoms with Gasteiger partial charge in [-0.3, -0.25) is 4.79 Å². The Bertz CT molecular complexity index is 997. The molecule has 0 fully saturated rings. The number of fused-ring (bicyclic) bond motifs is 1. The van der Waals surface area contributed by atoms with E-state index in [2.05, 4.69) is 5.32 Å². The van der Waals surface area contributed by atoms with E-state index in [4.69, 9.17) is 9.47 Å². The molecule has 0 aliphatic rings. The summed E-state index contributed by atoms with van der Waals surface area (Å²) in [5.41, 5.74) is 2.05. The fourth-order valence-electron chi connectivity index (χ4n) is 2.88. The van der Waals surface area contributed by atoms with Crippen molar-refractivity contribution in [3.8, 4) is 5.75 Å². The molecular formula is C22H22N2O4. The Kier molecular flexibility index (Phi) is 5.79. The van der Waals surface area contributed by atoms with Gasteiger partial charge in [0.1, 0.15) is 5.75 Å². The van der Waals surface area contributed by atoms with Crippen molar-refractivity contribution in [2.24, 2.45) is 0 Å². The molecule has 0 unspecified atom stereocenters. The molecule has 0 saturated heterocycles. The molecule has 6 nitrogen and oxygen atoms in total. The lowest BCUT2D eigenvalue weighted by molar-refractivity contribution is -0.119. The molecule has 0 radical (unpaired) electrons. The van der Waals surface area contributed by atoms with Crippen LogP contribution >= 0.6 is 0 Å². The van der Waals surface area contributed by atoms with Crippen LogP contribution < -0.4 is 15.0 Å². The zero-order valence-corrected chi connectivity index (χ0v) is 16.1. The predicted octanol–water partition coefficient (Wildman–Crippen LogP) is 3.71. The first-order chi connectivity index (χ1) is 13.5. The molecule has 1 amide bonds. The summed E-state index contributed by atoms with van der Waals surface area (Å²) in [6.45, 7) is -0.366. The van der Waals surface area contributed by atoms with Crippen LogP contribution in [0.2, 0.25) is 0 Å². The maximum atomic E-state index is 12.5. The maximum Gasteiger partial charge on any atom is 0.339 e. The topological polar surface area (TPSA) is 67.9 Å². The largest absolute Gasteiger partial charge is 0.496 e. The lowest BCUT2D eigenvalue weighted by Crippen LogP contribution is -2.21. The number of esters is 1. The Hall–Kier alpha value is -3.54. The van der Waals surface area contributed by atoms with Crippen molar-refractivity contribution >= 4 is 34.0 Å². The number of ether oxygens (including phenoxy) is 2. The van der Waals surface area contributed by atoms with E-state index in [-0.39, 0.29) is 6.61 Å². The smallest absolute Gasteiger partial charge is 0.339 e. The van der Waals surface area contributed by atoms with Gasteiger partial charge in [-0.1, -0.05) is 24.3 Å². The van der Waals surface area contributed by atoms with E-state index in [0.717, 1.165) is 11.1 Å². The number of hydrogen-bond donors (Lipinski definition) is 1. The van der Waals surface area contributed by atoms with E-state index in [0.29, 0.717) is 22.4 Å². The van der Waals surface area contributed by atoms with Crippen LogP contribution in [0, 0.1) is 0 Å². The highest BCUT2D eigenvalue weighted by Gasteiger charge is 2.15. The van der Waals surface area contributed by atoms with Gasteiger partial charge in [0, 0.05) is 30.9 Å². The van der Waals surface area contributed by atoms with E-state index in [9.17, 15) is 9.59 Å². The molecule has 144 valence electrons. The van der Waals surface area contributed by atoms with E-state index in [1.54, 1.807) is 31.4 Å². The minimum Gasteiger partial charge on any atom is -0.496 e. The van der Waals surface area contributed by atoms with Gasteiger partial charge in [0.25, 0.3) is 5.91 Å². The standard InChI is InChI=1S/C22H22N2O4/c1-24(2)16-10-8-15(9-11-16)23-21(25)14-28-22(26)19-12-13-20(27-3)18-7-5-4-6-17(18)19/h4-13H,14H2,1-3H3,(H,23,25). The first-order valence-corrected chi connectivity index (χ1v) is 8.79. The first kappa shape index (κ1) is 19.2. The molecule has 6 heteroatoms. The molecule has 3 rings (SSSR count). The molecule has 28 heavy (non-hydrogen) atoms. The lowest BCUT2D eigenvalue weighted by atomic mass is 10.0. The van der Waals surface area contributed by atoms with Gasteiger partial charge in [0.2, 0.25) is 0 Å². The average Bonchev–Trinajstić information content (AvgIpc) is 2.71. The van der Waals surface area contributed by atoms with Crippen LogP contribution in [0.3, 0.4) is 0 Å². The molecule has 0 bridgehead atoms. The predicted molar refractivity (Wildman–Crippen MR) is 110 cm³/mol. The van der Waals surface area contributed by atoms with Crippen LogP contribution in [0.4, 0.5) is 11.4 Å². The number of amides is 1. The summed E-state index contributed by atoms with van der Waals surface area (Å²) < 4.78 is 10.5. The van der Waals surface area contributed by atoms with Crippen LogP contribution in [0.25, 0.3) is 10.8 Å². The van der Waals surface area contributed by atoms with Crippen molar-refractivity contribution in [1.82, 2.24) is 0 Å². The Morgan fingerprint density at radius 2 is 1.61 bits per heavy atom. The highest BCUT2D eigenvalue weighted by Crippen LogP contribution is 2.28. The van der Waals surface area contributed by atoms with Gasteiger partial charge < -0.3 is 19.7 Å². The van der Waals surface area contributed by atoms with Crippen LogP contribution in [0.1, 0.15) is 10.4 Å². The third-order valence-corrected chi connectivity index (χ3v) is 4.33. The first-order valence-electron chi connectivity index (χ1n) is 8.79. The van der Waals surface area contributed by atoms with Gasteiger partial charge in [0.05, 0.1) is 12.7 Å². The second-order valence-corrected chi connectivity index (χ2v) is 6.43. The Morgan fingerprint density at radius 3 is 2.25 bits per heavy atom. The molecule has 0 saturated carbocycles. The van der Waals surface area contributed by atoms with Crippen LogP contribution in [0.15, 0.2) is 60.7 Å². The zero-order chi connectivity index (χ0) is 20.1. The lowest BCUT2D eigenvalue weighted by Gasteiger charge is -2.13. The number of hydrogen-bond acceptors (Lipinski definition) is 5. The number of carbonyl (C=O) groups excluding carboxylic acids is 2. The summed E-state index contributed by atoms with van der Waals surface area (Å²) in [5, 5.41) is 4.24. The summed E-state index contributed by atoms with van der Waals surface area (Å²) >= 11 is 0. The molecule has 0 atom stereocenters. The molecule has 3 aromatic carbocycles. The van der Waals surface area contributed by atoms with Crippen molar-refractivity contribution in [3.63, 3.8) is 0 Å². The number of rotatable bonds is 6. The molecule has 0 heterocycles. The van der Waals surface area contributed by atoms with Crippen molar-refractivity contribution in [1.29, 1.82) is 0 Å². The summed E-state index contributed by atoms with van der Waals surface area (Å²) in [7, 11) is 5.46. The van der Waals surface area contributed by atoms with E-state index in [1.807, 2.05) is 55.4 Å². The number of benzene rings is 3. The fraction of sp³-hybridized carbons (Fsp3) is 0.182. The molecule has 3 aromatic rings. The van der Waals surface area contributed by atoms with E-state index < -0.39 is 11.9 Å². The Morgan fingerprint density at radius 1 is 0.929 bits per heavy atom. The molecule has 0 spiro atoms. The fourth-order valence-corrected chi connectivity index (χ4v) is 2.88. The number of methoxy groups -OCH3 is 1. The normalized spacial score (nSPS) is 10.4. The SMILES string of the molecule is COc1ccc(C(=O)OCC(=O)Nc2ccc(N(C)C)cc2)c2ccccc12. The van der Waals surface area contributed by atoms with Crippen molar-refractivity contribution in [2.75, 3.05) is 38.0 Å². The zero-order valence-electron chi connectivity index (χ0n) is 16.1. The summed E-state index contributed by atoms with van der Waals surface area (Å²) in [6, 6.07) is 18.1. The van der Waals surface area contributed by atoms with Crippen LogP contribution in [0.5, 0.6) is 5.75 Å². The van der Waals surface area contributed by atoms with Crippen molar-refractivity contribution in [2.45, 2.75) is 0 Å². The summed E-state index contributed by atoms with van der Waals surface area (Å²) in [4.78, 5) is 26.6. The van der Waals surface area contributed by atoms with Gasteiger partial charge in [-0.15, -0.1) is 0 Å². The molecule has 0 aliphatic heterocycles. The second kappa shape index (κ2) is 8.43. The van der Waals surface area contributed by atoms with Gasteiger partial charge >= 0.3 is 5.97 Å². The van der Waals surface area contributed by atoms with Gasteiger partial charge in [-0.25, -0.2) is 4.79 Å². The number of nitrogens with zero attached hydrogens (tertiary/aromatic N) is 1. The number of carbonyl (C=O) groups is 2. The molecule has 0 aliphatic carbocycles. The second-order valence-electron chi connectivity index (χ2n) is 6.43. The highest BCUT2D eigenvalue weighted by molar-refractivity contribution is 6.07. The summed E-state index contributed by atoms with van der Waals surface area (Å²) in [6.07, 6.45) is 0. The van der Waals surface area contributed by atoms with Gasteiger partial charge in [-0.05, 0) is 41.8 Å². The third-order valence-electron chi connectivity index (χ3n) is 4.33. The molecular weight excluding hydrogens is 356 g/mol. The highest BCUT2D eigenvalue weighted by atomic mass is 16.5. The summed E-state index contributed by atoms with van der Waals surface area (Å²) in [5.74, 6) is -0.285. The van der Waals surface area contributed by atoms with Gasteiger partial charge in [-0.2, -0.15) is 0 Å². The van der Waals surface area contributed by atoms with Gasteiger partial charge in [0.15, 0.2) is 6.61 Å².